The molecule has 0 aromatic rings. The fraction of sp³-hybridized carbons (Fsp3) is 0.929. The number of fused-ring (bicyclic) bond motifs is 1. The number of hydrogen-bond acceptors (Lipinski definition) is 1. The zero-order chi connectivity index (χ0) is 11.3. The summed E-state index contributed by atoms with van der Waals surface area (Å²) in [6.45, 7) is 4.45. The average Bonchev–Trinajstić information content (AvgIpc) is 2.85. The Morgan fingerprint density at radius 2 is 1.56 bits per heavy atom. The van der Waals surface area contributed by atoms with Crippen LogP contribution in [0.25, 0.3) is 0 Å². The molecule has 4 atom stereocenters. The van der Waals surface area contributed by atoms with E-state index in [-0.39, 0.29) is 0 Å². The summed E-state index contributed by atoms with van der Waals surface area (Å²) in [4.78, 5) is 14.7. The highest BCUT2D eigenvalue weighted by atomic mass is 16.2. The van der Waals surface area contributed by atoms with Gasteiger partial charge in [0.1, 0.15) is 0 Å². The maximum Gasteiger partial charge on any atom is 0.226 e. The molecule has 0 bridgehead atoms. The van der Waals surface area contributed by atoms with Gasteiger partial charge >= 0.3 is 0 Å². The molecule has 90 valence electrons. The Hall–Kier alpha value is -0.530. The molecule has 0 N–H and O–H groups in total. The lowest BCUT2D eigenvalue weighted by molar-refractivity contribution is -0.141. The van der Waals surface area contributed by atoms with Crippen LogP contribution in [-0.2, 0) is 4.79 Å². The lowest BCUT2D eigenvalue weighted by atomic mass is 9.93. The maximum atomic E-state index is 12.5. The number of likely N-dealkylation sites (tertiary alicyclic amines) is 1. The van der Waals surface area contributed by atoms with Gasteiger partial charge in [-0.25, -0.2) is 0 Å². The third kappa shape index (κ3) is 1.66. The molecule has 1 heterocycles. The Bertz CT molecular complexity index is 281. The van der Waals surface area contributed by atoms with E-state index in [4.69, 9.17) is 0 Å². The zero-order valence-electron chi connectivity index (χ0n) is 10.5. The van der Waals surface area contributed by atoms with Gasteiger partial charge in [0, 0.05) is 18.0 Å². The van der Waals surface area contributed by atoms with Crippen LogP contribution in [-0.4, -0.2) is 22.9 Å². The molecular formula is C14H23NO. The molecule has 2 nitrogen and oxygen atoms in total. The van der Waals surface area contributed by atoms with Gasteiger partial charge in [-0.1, -0.05) is 0 Å². The van der Waals surface area contributed by atoms with Gasteiger partial charge in [0.05, 0.1) is 0 Å². The maximum absolute atomic E-state index is 12.5. The molecule has 1 amide bonds. The van der Waals surface area contributed by atoms with Crippen LogP contribution in [0.1, 0.15) is 52.4 Å². The molecule has 2 heteroatoms. The van der Waals surface area contributed by atoms with Crippen LogP contribution in [0.5, 0.6) is 0 Å². The molecule has 0 spiro atoms. The molecule has 3 rings (SSSR count). The van der Waals surface area contributed by atoms with Crippen molar-refractivity contribution in [3.63, 3.8) is 0 Å². The first-order valence-corrected chi connectivity index (χ1v) is 6.99. The third-order valence-electron chi connectivity index (χ3n) is 5.04. The summed E-state index contributed by atoms with van der Waals surface area (Å²) in [5.41, 5.74) is 0. The van der Waals surface area contributed by atoms with E-state index in [9.17, 15) is 4.79 Å². The van der Waals surface area contributed by atoms with Crippen molar-refractivity contribution in [3.8, 4) is 0 Å². The number of nitrogens with zero attached hydrogens (tertiary/aromatic N) is 1. The van der Waals surface area contributed by atoms with Crippen molar-refractivity contribution in [1.29, 1.82) is 0 Å². The van der Waals surface area contributed by atoms with E-state index in [0.29, 0.717) is 23.9 Å². The molecule has 2 aliphatic carbocycles. The fourth-order valence-electron chi connectivity index (χ4n) is 3.98. The first kappa shape index (κ1) is 10.6. The van der Waals surface area contributed by atoms with Crippen molar-refractivity contribution in [2.75, 3.05) is 0 Å². The minimum absolute atomic E-state index is 0.381. The van der Waals surface area contributed by atoms with Gasteiger partial charge in [0.25, 0.3) is 0 Å². The molecule has 2 saturated carbocycles. The van der Waals surface area contributed by atoms with Crippen molar-refractivity contribution in [3.05, 3.63) is 0 Å². The van der Waals surface area contributed by atoms with Gasteiger partial charge in [0.2, 0.25) is 5.91 Å². The van der Waals surface area contributed by atoms with Crippen LogP contribution in [0.3, 0.4) is 0 Å². The summed E-state index contributed by atoms with van der Waals surface area (Å²) in [7, 11) is 0. The van der Waals surface area contributed by atoms with Gasteiger partial charge in [-0.15, -0.1) is 0 Å². The molecule has 0 radical (unpaired) electrons. The van der Waals surface area contributed by atoms with Crippen LogP contribution in [0.15, 0.2) is 0 Å². The minimum Gasteiger partial charge on any atom is -0.337 e. The summed E-state index contributed by atoms with van der Waals surface area (Å²) in [6, 6.07) is 0.960. The molecule has 0 aromatic heterocycles. The number of carbonyl (C=O) groups is 1. The van der Waals surface area contributed by atoms with Gasteiger partial charge in [-0.3, -0.25) is 4.79 Å². The second-order valence-corrected chi connectivity index (χ2v) is 6.30. The van der Waals surface area contributed by atoms with E-state index in [1.54, 1.807) is 0 Å². The summed E-state index contributed by atoms with van der Waals surface area (Å²) in [5, 5.41) is 0. The molecule has 0 aromatic carbocycles. The van der Waals surface area contributed by atoms with Gasteiger partial charge in [0.15, 0.2) is 0 Å². The Kier molecular flexibility index (Phi) is 2.49. The summed E-state index contributed by atoms with van der Waals surface area (Å²) in [6.07, 6.45) is 7.50. The van der Waals surface area contributed by atoms with Crippen LogP contribution < -0.4 is 0 Å². The van der Waals surface area contributed by atoms with Gasteiger partial charge in [-0.05, 0) is 64.2 Å². The van der Waals surface area contributed by atoms with Crippen molar-refractivity contribution >= 4 is 5.91 Å². The third-order valence-corrected chi connectivity index (χ3v) is 5.04. The lowest BCUT2D eigenvalue weighted by Gasteiger charge is -2.40. The molecule has 3 fully saturated rings. The SMILES string of the molecule is CC1CCCC(C)N1C(=O)C1CC2CC2C1. The van der Waals surface area contributed by atoms with E-state index in [0.717, 1.165) is 11.8 Å². The van der Waals surface area contributed by atoms with Crippen LogP contribution in [0.4, 0.5) is 0 Å². The van der Waals surface area contributed by atoms with E-state index in [1.165, 1.54) is 38.5 Å². The van der Waals surface area contributed by atoms with Crippen molar-refractivity contribution in [1.82, 2.24) is 4.90 Å². The number of hydrogen-bond donors (Lipinski definition) is 0. The highest BCUT2D eigenvalue weighted by molar-refractivity contribution is 5.80. The average molecular weight is 221 g/mol. The summed E-state index contributed by atoms with van der Waals surface area (Å²) >= 11 is 0. The lowest BCUT2D eigenvalue weighted by Crippen LogP contribution is -2.49. The quantitative estimate of drug-likeness (QED) is 0.666. The molecule has 16 heavy (non-hydrogen) atoms. The van der Waals surface area contributed by atoms with Gasteiger partial charge < -0.3 is 4.90 Å². The second-order valence-electron chi connectivity index (χ2n) is 6.30. The van der Waals surface area contributed by atoms with E-state index >= 15 is 0 Å². The highest BCUT2D eigenvalue weighted by Gasteiger charge is 2.49. The first-order chi connectivity index (χ1) is 7.66. The molecule has 1 saturated heterocycles. The summed E-state index contributed by atoms with van der Waals surface area (Å²) < 4.78 is 0. The second kappa shape index (κ2) is 3.75. The van der Waals surface area contributed by atoms with Crippen molar-refractivity contribution in [2.24, 2.45) is 17.8 Å². The minimum atomic E-state index is 0.381. The van der Waals surface area contributed by atoms with Crippen LogP contribution in [0, 0.1) is 17.8 Å². The number of rotatable bonds is 1. The number of amides is 1. The standard InChI is InChI=1S/C14H23NO/c1-9-4-3-5-10(2)15(9)14(16)13-7-11-6-12(11)8-13/h9-13H,3-8H2,1-2H3. The Balaban J connectivity index is 1.68. The molecule has 1 aliphatic heterocycles. The molecule has 3 aliphatic rings. The first-order valence-electron chi connectivity index (χ1n) is 6.99. The van der Waals surface area contributed by atoms with Crippen LogP contribution in [0.2, 0.25) is 0 Å². The Labute approximate surface area is 98.4 Å². The van der Waals surface area contributed by atoms with Crippen molar-refractivity contribution in [2.45, 2.75) is 64.5 Å². The normalized spacial score (nSPS) is 46.6. The smallest absolute Gasteiger partial charge is 0.226 e. The Morgan fingerprint density at radius 1 is 1.00 bits per heavy atom. The fourth-order valence-corrected chi connectivity index (χ4v) is 3.98. The number of piperidine rings is 1. The van der Waals surface area contributed by atoms with Crippen LogP contribution >= 0.6 is 0 Å². The number of carbonyl (C=O) groups excluding carboxylic acids is 1. The van der Waals surface area contributed by atoms with Gasteiger partial charge in [-0.2, -0.15) is 0 Å². The highest BCUT2D eigenvalue weighted by Crippen LogP contribution is 2.54. The molecular weight excluding hydrogens is 198 g/mol. The van der Waals surface area contributed by atoms with E-state index in [2.05, 4.69) is 18.7 Å². The largest absolute Gasteiger partial charge is 0.337 e. The van der Waals surface area contributed by atoms with E-state index < -0.39 is 0 Å². The molecule has 4 unspecified atom stereocenters. The monoisotopic (exact) mass is 221 g/mol. The van der Waals surface area contributed by atoms with Crippen molar-refractivity contribution < 1.29 is 4.79 Å². The summed E-state index contributed by atoms with van der Waals surface area (Å²) in [5.74, 6) is 2.70. The zero-order valence-corrected chi connectivity index (χ0v) is 10.5. The topological polar surface area (TPSA) is 20.3 Å². The predicted octanol–water partition coefficient (Wildman–Crippen LogP) is 2.82. The van der Waals surface area contributed by atoms with E-state index in [1.807, 2.05) is 0 Å². The Morgan fingerprint density at radius 3 is 2.12 bits per heavy atom. The predicted molar refractivity (Wildman–Crippen MR) is 63.9 cm³/mol.